The van der Waals surface area contributed by atoms with E-state index in [0.29, 0.717) is 17.4 Å². The summed E-state index contributed by atoms with van der Waals surface area (Å²) in [6.45, 7) is 4.34. The molecule has 0 unspecified atom stereocenters. The molecule has 1 saturated heterocycles. The van der Waals surface area contributed by atoms with Gasteiger partial charge in [-0.05, 0) is 37.4 Å². The highest BCUT2D eigenvalue weighted by Crippen LogP contribution is 2.32. The molecule has 27 heavy (non-hydrogen) atoms. The quantitative estimate of drug-likeness (QED) is 0.732. The maximum absolute atomic E-state index is 13.2. The SMILES string of the molecule is O=c1c(-c2nccn2CCCn2ccnn2)ccc2n1C[C@@H]1CNC[C@H]2C1. The molecule has 0 amide bonds. The molecule has 0 saturated carbocycles. The number of pyridine rings is 1. The molecule has 5 heterocycles. The minimum atomic E-state index is 0.0906. The molecule has 2 aliphatic rings. The topological polar surface area (TPSA) is 82.6 Å². The van der Waals surface area contributed by atoms with E-state index < -0.39 is 0 Å². The third-order valence-corrected chi connectivity index (χ3v) is 5.72. The lowest BCUT2D eigenvalue weighted by atomic mass is 9.84. The summed E-state index contributed by atoms with van der Waals surface area (Å²) in [5.41, 5.74) is 1.95. The fourth-order valence-corrected chi connectivity index (χ4v) is 4.45. The highest BCUT2D eigenvalue weighted by Gasteiger charge is 2.31. The van der Waals surface area contributed by atoms with E-state index in [-0.39, 0.29) is 5.56 Å². The predicted octanol–water partition coefficient (Wildman–Crippen LogP) is 1.10. The average Bonchev–Trinajstić information content (AvgIpc) is 3.35. The largest absolute Gasteiger partial charge is 0.331 e. The van der Waals surface area contributed by atoms with Crippen LogP contribution in [0.15, 0.2) is 41.7 Å². The van der Waals surface area contributed by atoms with Gasteiger partial charge in [-0.15, -0.1) is 5.10 Å². The van der Waals surface area contributed by atoms with Crippen molar-refractivity contribution in [2.45, 2.75) is 38.4 Å². The first-order chi connectivity index (χ1) is 13.3. The molecule has 0 radical (unpaired) electrons. The number of aromatic nitrogens is 6. The fourth-order valence-electron chi connectivity index (χ4n) is 4.45. The van der Waals surface area contributed by atoms with Crippen LogP contribution in [0.5, 0.6) is 0 Å². The Balaban J connectivity index is 1.42. The molecule has 8 heteroatoms. The lowest BCUT2D eigenvalue weighted by molar-refractivity contribution is 0.257. The second kappa shape index (κ2) is 6.77. The van der Waals surface area contributed by atoms with Gasteiger partial charge < -0.3 is 14.5 Å². The minimum absolute atomic E-state index is 0.0906. The monoisotopic (exact) mass is 365 g/mol. The number of nitrogens with one attached hydrogen (secondary N) is 1. The first-order valence-corrected chi connectivity index (χ1v) is 9.59. The number of hydrogen-bond acceptors (Lipinski definition) is 5. The fraction of sp³-hybridized carbons (Fsp3) is 0.474. The van der Waals surface area contributed by atoms with Crippen molar-refractivity contribution in [3.63, 3.8) is 0 Å². The molecule has 2 atom stereocenters. The Morgan fingerprint density at radius 2 is 2.11 bits per heavy atom. The predicted molar refractivity (Wildman–Crippen MR) is 100 cm³/mol. The van der Waals surface area contributed by atoms with Crippen molar-refractivity contribution < 1.29 is 0 Å². The van der Waals surface area contributed by atoms with Gasteiger partial charge in [0, 0.05) is 56.4 Å². The molecule has 2 bridgehead atoms. The normalized spacial score (nSPS) is 21.2. The van der Waals surface area contributed by atoms with Gasteiger partial charge in [0.15, 0.2) is 0 Å². The third kappa shape index (κ3) is 2.99. The molecule has 1 N–H and O–H groups in total. The van der Waals surface area contributed by atoms with Gasteiger partial charge in [-0.1, -0.05) is 5.21 Å². The van der Waals surface area contributed by atoms with Crippen molar-refractivity contribution in [2.75, 3.05) is 13.1 Å². The summed E-state index contributed by atoms with van der Waals surface area (Å²) in [5, 5.41) is 11.3. The van der Waals surface area contributed by atoms with Crippen molar-refractivity contribution >= 4 is 0 Å². The molecule has 0 spiro atoms. The molecule has 0 aliphatic carbocycles. The van der Waals surface area contributed by atoms with Crippen molar-refractivity contribution in [3.8, 4) is 11.4 Å². The Bertz CT molecular complexity index is 988. The zero-order valence-electron chi connectivity index (χ0n) is 15.2. The molecule has 5 rings (SSSR count). The highest BCUT2D eigenvalue weighted by molar-refractivity contribution is 5.54. The first kappa shape index (κ1) is 16.4. The van der Waals surface area contributed by atoms with Gasteiger partial charge in [0.25, 0.3) is 5.56 Å². The number of rotatable bonds is 5. The Hall–Kier alpha value is -2.74. The second-order valence-corrected chi connectivity index (χ2v) is 7.51. The molecule has 0 aromatic carbocycles. The summed E-state index contributed by atoms with van der Waals surface area (Å²) in [6.07, 6.45) is 9.33. The molecule has 3 aromatic heterocycles. The summed E-state index contributed by atoms with van der Waals surface area (Å²) in [7, 11) is 0. The van der Waals surface area contributed by atoms with E-state index in [1.54, 1.807) is 12.4 Å². The molecule has 3 aromatic rings. The third-order valence-electron chi connectivity index (χ3n) is 5.72. The van der Waals surface area contributed by atoms with Crippen LogP contribution in [0.1, 0.15) is 24.5 Å². The van der Waals surface area contributed by atoms with E-state index in [0.717, 1.165) is 50.7 Å². The molecule has 1 fully saturated rings. The van der Waals surface area contributed by atoms with Gasteiger partial charge in [0.1, 0.15) is 5.82 Å². The molecule has 8 nitrogen and oxygen atoms in total. The lowest BCUT2D eigenvalue weighted by Crippen LogP contribution is -2.45. The van der Waals surface area contributed by atoms with Gasteiger partial charge in [-0.2, -0.15) is 0 Å². The second-order valence-electron chi connectivity index (χ2n) is 7.51. The Morgan fingerprint density at radius 3 is 3.00 bits per heavy atom. The summed E-state index contributed by atoms with van der Waals surface area (Å²) < 4.78 is 5.87. The summed E-state index contributed by atoms with van der Waals surface area (Å²) in [5.74, 6) is 1.75. The van der Waals surface area contributed by atoms with E-state index >= 15 is 0 Å². The van der Waals surface area contributed by atoms with Gasteiger partial charge in [-0.3, -0.25) is 9.48 Å². The van der Waals surface area contributed by atoms with Crippen LogP contribution in [0.25, 0.3) is 11.4 Å². The zero-order chi connectivity index (χ0) is 18.2. The van der Waals surface area contributed by atoms with Crippen LogP contribution in [-0.4, -0.2) is 42.2 Å². The van der Waals surface area contributed by atoms with E-state index in [9.17, 15) is 4.79 Å². The van der Waals surface area contributed by atoms with Crippen molar-refractivity contribution in [1.82, 2.24) is 34.4 Å². The highest BCUT2D eigenvalue weighted by atomic mass is 16.1. The summed E-state index contributed by atoms with van der Waals surface area (Å²) in [4.78, 5) is 17.7. The standard InChI is InChI=1S/C19H23N7O/c27-19-16(2-3-17-15-10-14(11-20-12-15)13-26(17)19)18-21-4-8-24(18)6-1-7-25-9-5-22-23-25/h2-5,8-9,14-15,20H,1,6-7,10-13H2/t14-,15+/m0/s1. The molecular formula is C19H23N7O. The minimum Gasteiger partial charge on any atom is -0.331 e. The number of nitrogens with zero attached hydrogens (tertiary/aromatic N) is 6. The zero-order valence-corrected chi connectivity index (χ0v) is 15.2. The van der Waals surface area contributed by atoms with Crippen LogP contribution < -0.4 is 10.9 Å². The van der Waals surface area contributed by atoms with Crippen LogP contribution >= 0.6 is 0 Å². The Morgan fingerprint density at radius 1 is 1.15 bits per heavy atom. The van der Waals surface area contributed by atoms with Crippen LogP contribution in [0.3, 0.4) is 0 Å². The van der Waals surface area contributed by atoms with Gasteiger partial charge in [0.2, 0.25) is 0 Å². The Kier molecular flexibility index (Phi) is 4.12. The Labute approximate surface area is 156 Å². The van der Waals surface area contributed by atoms with E-state index in [1.165, 1.54) is 6.42 Å². The van der Waals surface area contributed by atoms with E-state index in [4.69, 9.17) is 0 Å². The van der Waals surface area contributed by atoms with Crippen molar-refractivity contribution in [3.05, 3.63) is 53.0 Å². The lowest BCUT2D eigenvalue weighted by Gasteiger charge is -2.37. The van der Waals surface area contributed by atoms with Crippen LogP contribution in [0.4, 0.5) is 0 Å². The maximum Gasteiger partial charge on any atom is 0.261 e. The summed E-state index contributed by atoms with van der Waals surface area (Å²) >= 11 is 0. The van der Waals surface area contributed by atoms with Crippen LogP contribution in [-0.2, 0) is 19.6 Å². The smallest absolute Gasteiger partial charge is 0.261 e. The number of piperidine rings is 1. The number of hydrogen-bond donors (Lipinski definition) is 1. The molecular weight excluding hydrogens is 342 g/mol. The number of imidazole rings is 1. The average molecular weight is 365 g/mol. The van der Waals surface area contributed by atoms with Crippen LogP contribution in [0.2, 0.25) is 0 Å². The van der Waals surface area contributed by atoms with Gasteiger partial charge >= 0.3 is 0 Å². The molecule has 140 valence electrons. The van der Waals surface area contributed by atoms with Gasteiger partial charge in [-0.25, -0.2) is 4.98 Å². The maximum atomic E-state index is 13.2. The van der Waals surface area contributed by atoms with Crippen LogP contribution in [0, 0.1) is 5.92 Å². The van der Waals surface area contributed by atoms with E-state index in [1.807, 2.05) is 27.7 Å². The first-order valence-electron chi connectivity index (χ1n) is 9.59. The van der Waals surface area contributed by atoms with Crippen molar-refractivity contribution in [1.29, 1.82) is 0 Å². The molecule has 2 aliphatic heterocycles. The summed E-state index contributed by atoms with van der Waals surface area (Å²) in [6, 6.07) is 4.08. The van der Waals surface area contributed by atoms with E-state index in [2.05, 4.69) is 31.2 Å². The van der Waals surface area contributed by atoms with Crippen molar-refractivity contribution in [2.24, 2.45) is 5.92 Å². The number of fused-ring (bicyclic) bond motifs is 4. The number of aryl methyl sites for hydroxylation is 2. The van der Waals surface area contributed by atoms with Gasteiger partial charge in [0.05, 0.1) is 11.8 Å².